The van der Waals surface area contributed by atoms with E-state index in [2.05, 4.69) is 36.5 Å². The second-order valence-corrected chi connectivity index (χ2v) is 4.63. The first kappa shape index (κ1) is 10.2. The summed E-state index contributed by atoms with van der Waals surface area (Å²) in [7, 11) is 0. The molecule has 5 heteroatoms. The van der Waals surface area contributed by atoms with Crippen molar-refractivity contribution in [3.63, 3.8) is 0 Å². The third-order valence-corrected chi connectivity index (χ3v) is 3.50. The molecule has 1 fully saturated rings. The molecule has 3 rings (SSSR count). The van der Waals surface area contributed by atoms with Gasteiger partial charge in [0.15, 0.2) is 5.65 Å². The molecule has 0 aliphatic carbocycles. The van der Waals surface area contributed by atoms with Crippen molar-refractivity contribution in [3.8, 4) is 0 Å². The van der Waals surface area contributed by atoms with Gasteiger partial charge in [-0.1, -0.05) is 15.9 Å². The fourth-order valence-electron chi connectivity index (χ4n) is 1.96. The van der Waals surface area contributed by atoms with E-state index in [-0.39, 0.29) is 0 Å². The molecule has 2 aromatic heterocycles. The minimum absolute atomic E-state index is 0.405. The number of fused-ring (bicyclic) bond motifs is 1. The van der Waals surface area contributed by atoms with Crippen LogP contribution in [0.3, 0.4) is 0 Å². The smallest absolute Gasteiger partial charge is 0.160 e. The van der Waals surface area contributed by atoms with Crippen LogP contribution in [0.2, 0.25) is 0 Å². The van der Waals surface area contributed by atoms with E-state index in [1.807, 2.05) is 13.3 Å². The molecule has 4 nitrogen and oxygen atoms in total. The molecule has 0 N–H and O–H groups in total. The van der Waals surface area contributed by atoms with Gasteiger partial charge in [-0.15, -0.1) is 0 Å². The van der Waals surface area contributed by atoms with Crippen molar-refractivity contribution in [3.05, 3.63) is 23.7 Å². The summed E-state index contributed by atoms with van der Waals surface area (Å²) in [6, 6.07) is 2.48. The summed E-state index contributed by atoms with van der Waals surface area (Å²) in [5, 5.41) is 0.811. The van der Waals surface area contributed by atoms with E-state index in [1.165, 1.54) is 5.56 Å². The molecular weight excluding hydrogens is 270 g/mol. The van der Waals surface area contributed by atoms with Crippen molar-refractivity contribution in [2.45, 2.75) is 18.3 Å². The first-order chi connectivity index (χ1) is 7.79. The summed E-state index contributed by atoms with van der Waals surface area (Å²) in [6.07, 6.45) is 1.87. The Labute approximate surface area is 102 Å². The molecule has 2 aromatic rings. The summed E-state index contributed by atoms with van der Waals surface area (Å²) in [4.78, 5) is 9.02. The fourth-order valence-corrected chi connectivity index (χ4v) is 2.39. The Morgan fingerprint density at radius 3 is 3.00 bits per heavy atom. The molecular formula is C11H12BrN3O. The second kappa shape index (κ2) is 3.82. The number of rotatable bonds is 2. The van der Waals surface area contributed by atoms with Gasteiger partial charge >= 0.3 is 0 Å². The van der Waals surface area contributed by atoms with Crippen LogP contribution in [0.1, 0.15) is 17.3 Å². The largest absolute Gasteiger partial charge is 0.377 e. The van der Waals surface area contributed by atoms with Crippen LogP contribution >= 0.6 is 15.9 Å². The SMILES string of the molecule is Cc1cc(CBr)c2ncn(C3COC3)c2n1. The molecule has 16 heavy (non-hydrogen) atoms. The van der Waals surface area contributed by atoms with Crippen molar-refractivity contribution >= 4 is 27.1 Å². The molecule has 0 bridgehead atoms. The monoisotopic (exact) mass is 281 g/mol. The highest BCUT2D eigenvalue weighted by molar-refractivity contribution is 9.08. The molecule has 0 spiro atoms. The molecule has 0 atom stereocenters. The lowest BCUT2D eigenvalue weighted by molar-refractivity contribution is -0.0218. The van der Waals surface area contributed by atoms with Gasteiger partial charge in [0.2, 0.25) is 0 Å². The van der Waals surface area contributed by atoms with Crippen molar-refractivity contribution in [2.75, 3.05) is 13.2 Å². The van der Waals surface area contributed by atoms with Crippen molar-refractivity contribution in [2.24, 2.45) is 0 Å². The molecule has 0 amide bonds. The predicted octanol–water partition coefficient (Wildman–Crippen LogP) is 2.21. The Morgan fingerprint density at radius 1 is 1.56 bits per heavy atom. The third-order valence-electron chi connectivity index (χ3n) is 2.89. The molecule has 0 unspecified atom stereocenters. The highest BCUT2D eigenvalue weighted by Gasteiger charge is 2.23. The number of hydrogen-bond donors (Lipinski definition) is 0. The molecule has 3 heterocycles. The minimum atomic E-state index is 0.405. The molecule has 0 saturated carbocycles. The van der Waals surface area contributed by atoms with Crippen molar-refractivity contribution in [1.29, 1.82) is 0 Å². The Morgan fingerprint density at radius 2 is 2.38 bits per heavy atom. The van der Waals surface area contributed by atoms with Gasteiger partial charge in [0.25, 0.3) is 0 Å². The maximum atomic E-state index is 5.21. The summed E-state index contributed by atoms with van der Waals surface area (Å²) < 4.78 is 7.33. The van der Waals surface area contributed by atoms with Crippen molar-refractivity contribution < 1.29 is 4.74 Å². The lowest BCUT2D eigenvalue weighted by Gasteiger charge is -2.27. The standard InChI is InChI=1S/C11H12BrN3O/c1-7-2-8(3-12)10-11(14-7)15(6-13-10)9-4-16-5-9/h2,6,9H,3-5H2,1H3. The zero-order valence-electron chi connectivity index (χ0n) is 8.98. The van der Waals surface area contributed by atoms with Crippen molar-refractivity contribution in [1.82, 2.24) is 14.5 Å². The Kier molecular flexibility index (Phi) is 2.44. The Bertz CT molecular complexity index is 533. The van der Waals surface area contributed by atoms with E-state index in [4.69, 9.17) is 4.74 Å². The second-order valence-electron chi connectivity index (χ2n) is 4.07. The van der Waals surface area contributed by atoms with Gasteiger partial charge in [-0.3, -0.25) is 0 Å². The van der Waals surface area contributed by atoms with E-state index in [0.29, 0.717) is 6.04 Å². The van der Waals surface area contributed by atoms with Crippen LogP contribution in [0.25, 0.3) is 11.2 Å². The zero-order chi connectivity index (χ0) is 11.1. The zero-order valence-corrected chi connectivity index (χ0v) is 10.6. The van der Waals surface area contributed by atoms with Crippen LogP contribution in [-0.2, 0) is 10.1 Å². The number of aromatic nitrogens is 3. The minimum Gasteiger partial charge on any atom is -0.377 e. The molecule has 0 aromatic carbocycles. The van der Waals surface area contributed by atoms with Crippen LogP contribution in [0.15, 0.2) is 12.4 Å². The van der Waals surface area contributed by atoms with E-state index in [9.17, 15) is 0 Å². The van der Waals surface area contributed by atoms with E-state index in [1.54, 1.807) is 0 Å². The van der Waals surface area contributed by atoms with Crippen LogP contribution < -0.4 is 0 Å². The first-order valence-corrected chi connectivity index (χ1v) is 6.38. The van der Waals surface area contributed by atoms with E-state index in [0.717, 1.165) is 35.4 Å². The third kappa shape index (κ3) is 1.46. The number of ether oxygens (including phenoxy) is 1. The molecule has 84 valence electrons. The topological polar surface area (TPSA) is 39.9 Å². The summed E-state index contributed by atoms with van der Waals surface area (Å²) in [5.41, 5.74) is 4.20. The number of halogens is 1. The Balaban J connectivity index is 2.20. The van der Waals surface area contributed by atoms with E-state index >= 15 is 0 Å². The molecule has 1 aliphatic rings. The highest BCUT2D eigenvalue weighted by Crippen LogP contribution is 2.25. The van der Waals surface area contributed by atoms with Gasteiger partial charge in [0, 0.05) is 11.0 Å². The summed E-state index contributed by atoms with van der Waals surface area (Å²) in [6.45, 7) is 3.55. The normalized spacial score (nSPS) is 16.6. The van der Waals surface area contributed by atoms with Gasteiger partial charge in [0.05, 0.1) is 25.6 Å². The average molecular weight is 282 g/mol. The number of aryl methyl sites for hydroxylation is 1. The van der Waals surface area contributed by atoms with Gasteiger partial charge in [-0.2, -0.15) is 0 Å². The summed E-state index contributed by atoms with van der Waals surface area (Å²) >= 11 is 3.49. The Hall–Kier alpha value is -0.940. The highest BCUT2D eigenvalue weighted by atomic mass is 79.9. The number of hydrogen-bond acceptors (Lipinski definition) is 3. The molecule has 0 radical (unpaired) electrons. The lowest BCUT2D eigenvalue weighted by Crippen LogP contribution is -2.30. The number of nitrogens with zero attached hydrogens (tertiary/aromatic N) is 3. The summed E-state index contributed by atoms with van der Waals surface area (Å²) in [5.74, 6) is 0. The average Bonchev–Trinajstić information content (AvgIpc) is 2.58. The predicted molar refractivity (Wildman–Crippen MR) is 64.8 cm³/mol. The lowest BCUT2D eigenvalue weighted by atomic mass is 10.2. The van der Waals surface area contributed by atoms with E-state index < -0.39 is 0 Å². The van der Waals surface area contributed by atoms with Gasteiger partial charge in [-0.25, -0.2) is 9.97 Å². The van der Waals surface area contributed by atoms with Gasteiger partial charge in [-0.05, 0) is 18.6 Å². The van der Waals surface area contributed by atoms with Crippen LogP contribution in [0.5, 0.6) is 0 Å². The maximum Gasteiger partial charge on any atom is 0.160 e. The number of imidazole rings is 1. The number of alkyl halides is 1. The van der Waals surface area contributed by atoms with Gasteiger partial charge in [0.1, 0.15) is 5.52 Å². The van der Waals surface area contributed by atoms with Crippen LogP contribution in [0, 0.1) is 6.92 Å². The van der Waals surface area contributed by atoms with Gasteiger partial charge < -0.3 is 9.30 Å². The molecule has 1 saturated heterocycles. The quantitative estimate of drug-likeness (QED) is 0.793. The molecule has 1 aliphatic heterocycles. The number of pyridine rings is 1. The van der Waals surface area contributed by atoms with Crippen LogP contribution in [-0.4, -0.2) is 27.7 Å². The fraction of sp³-hybridized carbons (Fsp3) is 0.455. The maximum absolute atomic E-state index is 5.21. The first-order valence-electron chi connectivity index (χ1n) is 5.26. The van der Waals surface area contributed by atoms with Crippen LogP contribution in [0.4, 0.5) is 0 Å².